The van der Waals surface area contributed by atoms with Crippen LogP contribution in [0, 0.1) is 0 Å². The van der Waals surface area contributed by atoms with Gasteiger partial charge in [0.2, 0.25) is 19.8 Å². The maximum atomic E-state index is 13.2. The van der Waals surface area contributed by atoms with Crippen LogP contribution >= 0.6 is 0 Å². The van der Waals surface area contributed by atoms with Gasteiger partial charge in [-0.25, -0.2) is 0 Å². The maximum absolute atomic E-state index is 13.2. The second-order valence-corrected chi connectivity index (χ2v) is 9.50. The minimum atomic E-state index is -1.73. The molecule has 3 aliphatic heterocycles. The summed E-state index contributed by atoms with van der Waals surface area (Å²) in [6, 6.07) is 12.1. The fraction of sp³-hybridized carbons (Fsp3) is 0.400. The minimum Gasteiger partial charge on any atom is -0.489 e. The van der Waals surface area contributed by atoms with Crippen LogP contribution in [0.3, 0.4) is 0 Å². The second kappa shape index (κ2) is 9.79. The summed E-state index contributed by atoms with van der Waals surface area (Å²) in [5, 5.41) is -1.73. The Kier molecular flexibility index (Phi) is 6.70. The standard InChI is InChI=1S/C25H24B3N3O5/c26-25(27)12-21(32)31(28)24(34)22(25)30-14-19-18(23(30)33)2-1-3-20(19)36-15-17-6-4-16(5-7-17)13-29-8-10-35-11-9-29/h1-7,22H,8-15H2. The van der Waals surface area contributed by atoms with Crippen molar-refractivity contribution in [1.82, 2.24) is 14.6 Å². The zero-order chi connectivity index (χ0) is 25.4. The van der Waals surface area contributed by atoms with Crippen LogP contribution in [0.15, 0.2) is 42.5 Å². The molecule has 2 aromatic carbocycles. The molecule has 3 heterocycles. The molecule has 0 aromatic heterocycles. The van der Waals surface area contributed by atoms with E-state index in [2.05, 4.69) is 17.0 Å². The van der Waals surface area contributed by atoms with Gasteiger partial charge in [0.1, 0.15) is 18.4 Å². The van der Waals surface area contributed by atoms with E-state index in [1.54, 1.807) is 18.2 Å². The van der Waals surface area contributed by atoms with Crippen molar-refractivity contribution < 1.29 is 23.9 Å². The third-order valence-corrected chi connectivity index (χ3v) is 6.90. The van der Waals surface area contributed by atoms with Crippen LogP contribution in [0.2, 0.25) is 5.21 Å². The molecule has 0 N–H and O–H groups in total. The fourth-order valence-electron chi connectivity index (χ4n) is 4.94. The monoisotopic (exact) mass is 479 g/mol. The van der Waals surface area contributed by atoms with E-state index in [1.807, 2.05) is 12.1 Å². The van der Waals surface area contributed by atoms with Crippen molar-refractivity contribution in [1.29, 1.82) is 0 Å². The molecule has 8 nitrogen and oxygen atoms in total. The number of benzene rings is 2. The summed E-state index contributed by atoms with van der Waals surface area (Å²) < 4.78 is 11.5. The highest BCUT2D eigenvalue weighted by Gasteiger charge is 2.50. The van der Waals surface area contributed by atoms with Gasteiger partial charge in [0.25, 0.3) is 5.91 Å². The molecule has 6 radical (unpaired) electrons. The number of nitrogens with zero attached hydrogens (tertiary/aromatic N) is 3. The van der Waals surface area contributed by atoms with Crippen molar-refractivity contribution in [2.45, 2.75) is 37.4 Å². The third kappa shape index (κ3) is 4.69. The first kappa shape index (κ1) is 24.7. The van der Waals surface area contributed by atoms with Gasteiger partial charge in [-0.05, 0) is 23.3 Å². The van der Waals surface area contributed by atoms with Gasteiger partial charge in [0.15, 0.2) is 0 Å². The van der Waals surface area contributed by atoms with Gasteiger partial charge in [-0.3, -0.25) is 19.3 Å². The number of hydrogen-bond donors (Lipinski definition) is 0. The largest absolute Gasteiger partial charge is 0.489 e. The number of carbonyl (C=O) groups is 3. The van der Waals surface area contributed by atoms with Crippen LogP contribution in [0.5, 0.6) is 5.75 Å². The van der Waals surface area contributed by atoms with Crippen LogP contribution in [-0.2, 0) is 34.0 Å². The summed E-state index contributed by atoms with van der Waals surface area (Å²) in [7, 11) is 17.8. The number of fused-ring (bicyclic) bond motifs is 1. The lowest BCUT2D eigenvalue weighted by atomic mass is 9.47. The van der Waals surface area contributed by atoms with Gasteiger partial charge in [0.05, 0.1) is 35.5 Å². The van der Waals surface area contributed by atoms with Crippen molar-refractivity contribution >= 4 is 41.4 Å². The molecule has 0 saturated carbocycles. The van der Waals surface area contributed by atoms with E-state index in [4.69, 9.17) is 33.1 Å². The van der Waals surface area contributed by atoms with Crippen LogP contribution in [0.4, 0.5) is 0 Å². The predicted octanol–water partition coefficient (Wildman–Crippen LogP) is 0.718. The highest BCUT2D eigenvalue weighted by Crippen LogP contribution is 2.41. The quantitative estimate of drug-likeness (QED) is 0.449. The van der Waals surface area contributed by atoms with E-state index in [0.717, 1.165) is 38.4 Å². The summed E-state index contributed by atoms with van der Waals surface area (Å²) >= 11 is 0. The molecule has 1 unspecified atom stereocenters. The summed E-state index contributed by atoms with van der Waals surface area (Å²) in [5.74, 6) is -1.38. The second-order valence-electron chi connectivity index (χ2n) is 9.50. The first-order chi connectivity index (χ1) is 17.2. The van der Waals surface area contributed by atoms with Crippen LogP contribution in [-0.4, -0.2) is 88.4 Å². The average Bonchev–Trinajstić information content (AvgIpc) is 3.19. The molecule has 2 aromatic rings. The van der Waals surface area contributed by atoms with E-state index < -0.39 is 29.0 Å². The lowest BCUT2D eigenvalue weighted by Crippen LogP contribution is -2.60. The smallest absolute Gasteiger partial charge is 0.255 e. The third-order valence-electron chi connectivity index (χ3n) is 6.90. The van der Waals surface area contributed by atoms with E-state index in [0.29, 0.717) is 28.3 Å². The molecule has 5 rings (SSSR count). The topological polar surface area (TPSA) is 79.4 Å². The number of piperidine rings is 1. The zero-order valence-electron chi connectivity index (χ0n) is 19.9. The van der Waals surface area contributed by atoms with Crippen molar-refractivity contribution in [3.8, 4) is 5.75 Å². The molecule has 0 bridgehead atoms. The molecule has 2 saturated heterocycles. The maximum Gasteiger partial charge on any atom is 0.255 e. The first-order valence-corrected chi connectivity index (χ1v) is 11.9. The van der Waals surface area contributed by atoms with E-state index in [1.165, 1.54) is 10.5 Å². The Morgan fingerprint density at radius 1 is 1.00 bits per heavy atom. The van der Waals surface area contributed by atoms with Crippen molar-refractivity contribution in [3.63, 3.8) is 0 Å². The van der Waals surface area contributed by atoms with E-state index in [9.17, 15) is 14.4 Å². The van der Waals surface area contributed by atoms with Gasteiger partial charge in [-0.15, -0.1) is 0 Å². The molecule has 3 aliphatic rings. The number of amides is 3. The Hall–Kier alpha value is -3.04. The Morgan fingerprint density at radius 3 is 2.42 bits per heavy atom. The molecule has 0 spiro atoms. The van der Waals surface area contributed by atoms with Crippen molar-refractivity contribution in [3.05, 3.63) is 64.7 Å². The molecule has 178 valence electrons. The number of carbonyl (C=O) groups excluding carboxylic acids is 3. The summed E-state index contributed by atoms with van der Waals surface area (Å²) in [6.45, 7) is 4.65. The summed E-state index contributed by atoms with van der Waals surface area (Å²) in [5.41, 5.74) is 3.24. The Labute approximate surface area is 214 Å². The van der Waals surface area contributed by atoms with Gasteiger partial charge < -0.3 is 19.2 Å². The van der Waals surface area contributed by atoms with E-state index in [-0.39, 0.29) is 13.0 Å². The lowest BCUT2D eigenvalue weighted by Gasteiger charge is -2.45. The molecular formula is C25H24B3N3O5. The van der Waals surface area contributed by atoms with E-state index >= 15 is 0 Å². The van der Waals surface area contributed by atoms with Crippen LogP contribution in [0.25, 0.3) is 0 Å². The van der Waals surface area contributed by atoms with Crippen molar-refractivity contribution in [2.24, 2.45) is 0 Å². The van der Waals surface area contributed by atoms with Crippen molar-refractivity contribution in [2.75, 3.05) is 26.3 Å². The lowest BCUT2D eigenvalue weighted by molar-refractivity contribution is -0.146. The normalized spacial score (nSPS) is 22.1. The van der Waals surface area contributed by atoms with Crippen LogP contribution in [0.1, 0.15) is 33.5 Å². The summed E-state index contributed by atoms with van der Waals surface area (Å²) in [4.78, 5) is 42.0. The predicted molar refractivity (Wildman–Crippen MR) is 133 cm³/mol. The number of hydrogen-bond acceptors (Lipinski definition) is 6. The Bertz CT molecular complexity index is 1180. The molecule has 3 amide bonds. The molecule has 1 atom stereocenters. The number of imide groups is 1. The number of rotatable bonds is 6. The van der Waals surface area contributed by atoms with Gasteiger partial charge in [-0.2, -0.15) is 0 Å². The molecule has 2 fully saturated rings. The van der Waals surface area contributed by atoms with Gasteiger partial charge >= 0.3 is 0 Å². The van der Waals surface area contributed by atoms with Crippen LogP contribution < -0.4 is 4.74 Å². The Balaban J connectivity index is 1.28. The highest BCUT2D eigenvalue weighted by molar-refractivity contribution is 6.45. The fourth-order valence-corrected chi connectivity index (χ4v) is 4.94. The summed E-state index contributed by atoms with van der Waals surface area (Å²) in [6.07, 6.45) is -0.356. The first-order valence-electron chi connectivity index (χ1n) is 11.9. The zero-order valence-corrected chi connectivity index (χ0v) is 19.9. The molecule has 0 aliphatic carbocycles. The average molecular weight is 479 g/mol. The molecule has 36 heavy (non-hydrogen) atoms. The Morgan fingerprint density at radius 2 is 1.69 bits per heavy atom. The highest BCUT2D eigenvalue weighted by atomic mass is 16.5. The minimum absolute atomic E-state index is 0.0669. The number of morpholine rings is 1. The molecular weight excluding hydrogens is 455 g/mol. The molecule has 11 heteroatoms. The van der Waals surface area contributed by atoms with Gasteiger partial charge in [-0.1, -0.05) is 35.5 Å². The SMILES string of the molecule is [B]N1C(=O)CC([B])([B])C(N2Cc3c(OCc4ccc(CN5CCOCC5)cc4)cccc3C2=O)C1=O. The number of ether oxygens (including phenoxy) is 2. The van der Waals surface area contributed by atoms with Gasteiger partial charge in [0, 0.05) is 37.2 Å².